The summed E-state index contributed by atoms with van der Waals surface area (Å²) in [5.41, 5.74) is 0.112. The van der Waals surface area contributed by atoms with Gasteiger partial charge in [-0.2, -0.15) is 13.2 Å². The zero-order chi connectivity index (χ0) is 37.2. The minimum atomic E-state index is -4.86. The van der Waals surface area contributed by atoms with Gasteiger partial charge in [0.15, 0.2) is 0 Å². The summed E-state index contributed by atoms with van der Waals surface area (Å²) in [6, 6.07) is 3.55. The van der Waals surface area contributed by atoms with Crippen molar-refractivity contribution in [1.82, 2.24) is 14.8 Å². The second-order valence-corrected chi connectivity index (χ2v) is 14.1. The van der Waals surface area contributed by atoms with Crippen LogP contribution >= 0.6 is 0 Å². The Bertz CT molecular complexity index is 1840. The van der Waals surface area contributed by atoms with Gasteiger partial charge in [-0.3, -0.25) is 19.3 Å². The molecule has 5 rings (SSSR count). The highest BCUT2D eigenvalue weighted by atomic mass is 19.4. The number of amides is 1. The minimum Gasteiger partial charge on any atom is -0.481 e. The number of aromatic nitrogens is 1. The van der Waals surface area contributed by atoms with Crippen molar-refractivity contribution in [2.75, 3.05) is 19.6 Å². The van der Waals surface area contributed by atoms with Gasteiger partial charge < -0.3 is 15.0 Å². The second-order valence-electron chi connectivity index (χ2n) is 14.1. The Labute approximate surface area is 292 Å². The molecule has 2 N–H and O–H groups in total. The monoisotopic (exact) mass is 719 g/mol. The van der Waals surface area contributed by atoms with Crippen LogP contribution in [0.5, 0.6) is 0 Å². The highest BCUT2D eigenvalue weighted by molar-refractivity contribution is 5.82. The predicted octanol–water partition coefficient (Wildman–Crippen LogP) is 7.64. The molecule has 1 aromatic heterocycles. The van der Waals surface area contributed by atoms with Gasteiger partial charge in [-0.15, -0.1) is 0 Å². The molecule has 3 aromatic rings. The Morgan fingerprint density at radius 2 is 1.73 bits per heavy atom. The maximum absolute atomic E-state index is 15.9. The highest BCUT2D eigenvalue weighted by Crippen LogP contribution is 2.36. The van der Waals surface area contributed by atoms with Gasteiger partial charge in [0.2, 0.25) is 5.91 Å². The lowest BCUT2D eigenvalue weighted by molar-refractivity contribution is -0.139. The molecule has 2 aliphatic heterocycles. The molecule has 0 saturated carbocycles. The average molecular weight is 720 g/mol. The van der Waals surface area contributed by atoms with Gasteiger partial charge in [-0.25, -0.2) is 13.2 Å². The van der Waals surface area contributed by atoms with E-state index in [0.29, 0.717) is 42.0 Å². The molecular formula is C38H43F6N3O4. The molecule has 3 heterocycles. The van der Waals surface area contributed by atoms with Crippen LogP contribution in [0.3, 0.4) is 0 Å². The number of halogens is 6. The van der Waals surface area contributed by atoms with Gasteiger partial charge >= 0.3 is 12.1 Å². The number of carbonyl (C=O) groups excluding carboxylic acids is 1. The number of aliphatic carboxylic acids is 1. The Kier molecular flexibility index (Phi) is 11.7. The van der Waals surface area contributed by atoms with Crippen LogP contribution in [0.25, 0.3) is 11.1 Å². The molecule has 2 aromatic carbocycles. The van der Waals surface area contributed by atoms with Crippen LogP contribution in [0.1, 0.15) is 90.9 Å². The number of hydrogen-bond donors (Lipinski definition) is 2. The number of carboxylic acid groups (broad SMARTS) is 1. The van der Waals surface area contributed by atoms with Crippen LogP contribution in [-0.2, 0) is 28.6 Å². The fourth-order valence-electron chi connectivity index (χ4n) is 7.40. The summed E-state index contributed by atoms with van der Waals surface area (Å²) in [5, 5.41) is 12.5. The molecule has 7 nitrogen and oxygen atoms in total. The summed E-state index contributed by atoms with van der Waals surface area (Å²) in [5.74, 6) is -3.58. The summed E-state index contributed by atoms with van der Waals surface area (Å²) >= 11 is 0. The average Bonchev–Trinajstić information content (AvgIpc) is 3.01. The van der Waals surface area contributed by atoms with Crippen LogP contribution in [0.15, 0.2) is 41.3 Å². The molecule has 276 valence electrons. The summed E-state index contributed by atoms with van der Waals surface area (Å²) in [7, 11) is 0. The first-order valence-electron chi connectivity index (χ1n) is 17.3. The first-order valence-corrected chi connectivity index (χ1v) is 17.3. The van der Waals surface area contributed by atoms with Gasteiger partial charge in [-0.1, -0.05) is 26.2 Å². The zero-order valence-electron chi connectivity index (χ0n) is 28.9. The molecule has 1 fully saturated rings. The largest absolute Gasteiger partial charge is 0.481 e. The topological polar surface area (TPSA) is 91.6 Å². The van der Waals surface area contributed by atoms with E-state index in [9.17, 15) is 41.4 Å². The van der Waals surface area contributed by atoms with Gasteiger partial charge in [0.1, 0.15) is 23.8 Å². The SMILES string of the molecule is Cc1cc2cc(c1F)[C@H](CC(=O)O)NC(=O)[C@@H](n1cc(CCN3CC(F)C3)c(C(F)(F)F)cc1=O)CC(C)CCCCCc1cc(F)cc(C)c1-2. The summed E-state index contributed by atoms with van der Waals surface area (Å²) < 4.78 is 87.3. The first-order chi connectivity index (χ1) is 24.0. The summed E-state index contributed by atoms with van der Waals surface area (Å²) in [4.78, 5) is 41.4. The number of nitrogens with one attached hydrogen (secondary N) is 1. The van der Waals surface area contributed by atoms with Crippen molar-refractivity contribution in [2.45, 2.75) is 96.6 Å². The fourth-order valence-corrected chi connectivity index (χ4v) is 7.40. The molecular weight excluding hydrogens is 676 g/mol. The number of aryl methyl sites for hydroxylation is 3. The Morgan fingerprint density at radius 3 is 2.39 bits per heavy atom. The third-order valence-electron chi connectivity index (χ3n) is 10.0. The van der Waals surface area contributed by atoms with Crippen molar-refractivity contribution in [3.05, 3.63) is 91.9 Å². The van der Waals surface area contributed by atoms with E-state index in [1.165, 1.54) is 25.1 Å². The number of pyridine rings is 1. The number of rotatable bonds is 6. The maximum Gasteiger partial charge on any atom is 0.416 e. The van der Waals surface area contributed by atoms with Crippen molar-refractivity contribution in [3.63, 3.8) is 0 Å². The molecule has 1 unspecified atom stereocenters. The van der Waals surface area contributed by atoms with E-state index < -0.39 is 65.5 Å². The van der Waals surface area contributed by atoms with Crippen LogP contribution in [-0.4, -0.2) is 52.3 Å². The molecule has 3 atom stereocenters. The summed E-state index contributed by atoms with van der Waals surface area (Å²) in [6.07, 6.45) is -2.45. The van der Waals surface area contributed by atoms with E-state index in [1.54, 1.807) is 17.9 Å². The lowest BCUT2D eigenvalue weighted by Gasteiger charge is -2.34. The van der Waals surface area contributed by atoms with Crippen molar-refractivity contribution >= 4 is 11.9 Å². The Balaban J connectivity index is 1.61. The summed E-state index contributed by atoms with van der Waals surface area (Å²) in [6.45, 7) is 5.38. The van der Waals surface area contributed by atoms with Gasteiger partial charge in [0, 0.05) is 37.5 Å². The number of fused-ring (bicyclic) bond motifs is 4. The fraction of sp³-hybridized carbons (Fsp3) is 0.500. The number of carboxylic acids is 1. The Morgan fingerprint density at radius 1 is 1.00 bits per heavy atom. The lowest BCUT2D eigenvalue weighted by atomic mass is 9.87. The molecule has 13 heteroatoms. The van der Waals surface area contributed by atoms with Crippen molar-refractivity contribution in [1.29, 1.82) is 0 Å². The van der Waals surface area contributed by atoms with Crippen molar-refractivity contribution < 1.29 is 41.0 Å². The van der Waals surface area contributed by atoms with Crippen LogP contribution in [0, 0.1) is 31.4 Å². The molecule has 1 saturated heterocycles. The first kappa shape index (κ1) is 38.1. The zero-order valence-corrected chi connectivity index (χ0v) is 28.9. The van der Waals surface area contributed by atoms with Crippen molar-refractivity contribution in [2.24, 2.45) is 5.92 Å². The third kappa shape index (κ3) is 9.03. The molecule has 0 spiro atoms. The highest BCUT2D eigenvalue weighted by Gasteiger charge is 2.37. The van der Waals surface area contributed by atoms with E-state index >= 15 is 4.39 Å². The van der Waals surface area contributed by atoms with Gasteiger partial charge in [0.25, 0.3) is 5.56 Å². The quantitative estimate of drug-likeness (QED) is 0.256. The predicted molar refractivity (Wildman–Crippen MR) is 180 cm³/mol. The number of alkyl halides is 4. The number of benzene rings is 2. The Hall–Kier alpha value is -4.13. The van der Waals surface area contributed by atoms with Crippen molar-refractivity contribution in [3.8, 4) is 11.1 Å². The normalized spacial score (nSPS) is 21.1. The van der Waals surface area contributed by atoms with Crippen LogP contribution in [0.4, 0.5) is 26.3 Å². The van der Waals surface area contributed by atoms with Gasteiger partial charge in [-0.05, 0) is 103 Å². The lowest BCUT2D eigenvalue weighted by Crippen LogP contribution is -2.49. The number of hydrogen-bond acceptors (Lipinski definition) is 4. The molecule has 0 aliphatic carbocycles. The van der Waals surface area contributed by atoms with E-state index in [2.05, 4.69) is 5.32 Å². The van der Waals surface area contributed by atoms with E-state index in [4.69, 9.17) is 0 Å². The standard InChI is InChI=1S/C38H43F6N3O4/c1-21-7-5-4-6-8-24-14-27(39)13-22(2)35(24)26-12-23(3)36(41)29(15-26)31(17-34(49)50)45-37(51)32(11-21)47-18-25(9-10-46-19-28(40)20-46)30(16-33(47)48)38(42,43)44/h12-16,18,21,28,31-32H,4-11,17,19-20H2,1-3H3,(H,45,51)(H,49,50)/t21?,31-,32-/m0/s1. The van der Waals surface area contributed by atoms with Crippen LogP contribution < -0.4 is 10.9 Å². The second kappa shape index (κ2) is 15.6. The maximum atomic E-state index is 15.9. The minimum absolute atomic E-state index is 0.0286. The molecule has 0 radical (unpaired) electrons. The number of nitrogens with zero attached hydrogens (tertiary/aromatic N) is 2. The van der Waals surface area contributed by atoms with E-state index in [0.717, 1.165) is 29.2 Å². The number of carbonyl (C=O) groups is 2. The molecule has 51 heavy (non-hydrogen) atoms. The molecule has 1 amide bonds. The van der Waals surface area contributed by atoms with Gasteiger partial charge in [0.05, 0.1) is 18.0 Å². The molecule has 2 bridgehead atoms. The molecule has 2 aliphatic rings. The number of likely N-dealkylation sites (tertiary alicyclic amines) is 1. The third-order valence-corrected chi connectivity index (χ3v) is 10.0. The van der Waals surface area contributed by atoms with E-state index in [1.807, 2.05) is 6.92 Å². The van der Waals surface area contributed by atoms with E-state index in [-0.39, 0.29) is 55.1 Å². The smallest absolute Gasteiger partial charge is 0.416 e. The van der Waals surface area contributed by atoms with Crippen LogP contribution in [0.2, 0.25) is 0 Å².